The standard InChI is InChI=1S/C23H29FN6OS/c1-16-20(25-4-3-21(16)29-7-5-28(2)6-8-29)15-32-23-26-18-13-17(24)22(14-19(18)27-23)30-9-11-31-12-10-30/h3-4,13-14H,5-12,15H2,1-2H3,(H,26,27). The van der Waals surface area contributed by atoms with Gasteiger partial charge in [-0.05, 0) is 31.7 Å². The number of H-pyrrole nitrogens is 1. The molecule has 5 rings (SSSR count). The highest BCUT2D eigenvalue weighted by Crippen LogP contribution is 2.30. The number of nitrogens with one attached hydrogen (secondary N) is 1. The largest absolute Gasteiger partial charge is 0.378 e. The van der Waals surface area contributed by atoms with Crippen LogP contribution in [0.2, 0.25) is 0 Å². The predicted molar refractivity (Wildman–Crippen MR) is 127 cm³/mol. The number of rotatable bonds is 5. The molecule has 32 heavy (non-hydrogen) atoms. The summed E-state index contributed by atoms with van der Waals surface area (Å²) in [4.78, 5) is 19.4. The number of piperazine rings is 1. The van der Waals surface area contributed by atoms with Crippen LogP contribution in [-0.2, 0) is 10.5 Å². The van der Waals surface area contributed by atoms with E-state index in [1.54, 1.807) is 17.8 Å². The highest BCUT2D eigenvalue weighted by molar-refractivity contribution is 7.98. The van der Waals surface area contributed by atoms with E-state index in [9.17, 15) is 4.39 Å². The Labute approximate surface area is 192 Å². The van der Waals surface area contributed by atoms with Gasteiger partial charge in [0.2, 0.25) is 0 Å². The zero-order chi connectivity index (χ0) is 22.1. The third-order valence-corrected chi connectivity index (χ3v) is 7.23. The Hall–Kier alpha value is -2.36. The molecule has 4 heterocycles. The second kappa shape index (κ2) is 9.25. The number of aromatic nitrogens is 3. The summed E-state index contributed by atoms with van der Waals surface area (Å²) in [6.07, 6.45) is 1.90. The number of hydrogen-bond acceptors (Lipinski definition) is 7. The van der Waals surface area contributed by atoms with Crippen LogP contribution < -0.4 is 9.80 Å². The normalized spacial score (nSPS) is 18.0. The molecule has 0 bridgehead atoms. The zero-order valence-corrected chi connectivity index (χ0v) is 19.4. The molecule has 2 aliphatic heterocycles. The molecule has 9 heteroatoms. The number of aromatic amines is 1. The molecular formula is C23H29FN6OS. The van der Waals surface area contributed by atoms with Gasteiger partial charge in [0, 0.05) is 63.0 Å². The number of thioether (sulfide) groups is 1. The van der Waals surface area contributed by atoms with E-state index in [4.69, 9.17) is 9.72 Å². The number of nitrogens with zero attached hydrogens (tertiary/aromatic N) is 5. The van der Waals surface area contributed by atoms with Gasteiger partial charge in [-0.15, -0.1) is 0 Å². The van der Waals surface area contributed by atoms with Crippen LogP contribution >= 0.6 is 11.8 Å². The van der Waals surface area contributed by atoms with Gasteiger partial charge in [-0.25, -0.2) is 9.37 Å². The molecule has 0 saturated carbocycles. The summed E-state index contributed by atoms with van der Waals surface area (Å²) in [6.45, 7) is 9.02. The Morgan fingerprint density at radius 3 is 2.59 bits per heavy atom. The third-order valence-electron chi connectivity index (χ3n) is 6.35. The SMILES string of the molecule is Cc1c(N2CCN(C)CC2)ccnc1CSc1nc2cc(N3CCOCC3)c(F)cc2[nH]1. The van der Waals surface area contributed by atoms with Gasteiger partial charge in [-0.3, -0.25) is 4.98 Å². The van der Waals surface area contributed by atoms with E-state index in [0.29, 0.717) is 37.7 Å². The van der Waals surface area contributed by atoms with Gasteiger partial charge in [-0.1, -0.05) is 11.8 Å². The second-order valence-electron chi connectivity index (χ2n) is 8.44. The number of benzene rings is 1. The van der Waals surface area contributed by atoms with Crippen LogP contribution in [-0.4, -0.2) is 79.4 Å². The molecule has 2 saturated heterocycles. The van der Waals surface area contributed by atoms with E-state index >= 15 is 0 Å². The molecule has 0 spiro atoms. The lowest BCUT2D eigenvalue weighted by atomic mass is 10.1. The topological polar surface area (TPSA) is 60.5 Å². The lowest BCUT2D eigenvalue weighted by Gasteiger charge is -2.35. The zero-order valence-electron chi connectivity index (χ0n) is 18.6. The fourth-order valence-electron chi connectivity index (χ4n) is 4.35. The average Bonchev–Trinajstić information content (AvgIpc) is 3.21. The van der Waals surface area contributed by atoms with Gasteiger partial charge in [0.15, 0.2) is 5.16 Å². The molecule has 2 fully saturated rings. The molecule has 3 aromatic rings. The molecule has 0 aliphatic carbocycles. The molecule has 0 atom stereocenters. The second-order valence-corrected chi connectivity index (χ2v) is 9.41. The number of imidazole rings is 1. The molecule has 7 nitrogen and oxygen atoms in total. The van der Waals surface area contributed by atoms with Crippen LogP contribution in [0.15, 0.2) is 29.6 Å². The first-order chi connectivity index (χ1) is 15.6. The summed E-state index contributed by atoms with van der Waals surface area (Å²) in [5.41, 5.74) is 5.66. The molecule has 0 radical (unpaired) electrons. The lowest BCUT2D eigenvalue weighted by molar-refractivity contribution is 0.122. The highest BCUT2D eigenvalue weighted by atomic mass is 32.2. The molecule has 170 valence electrons. The monoisotopic (exact) mass is 456 g/mol. The Morgan fingerprint density at radius 2 is 1.81 bits per heavy atom. The van der Waals surface area contributed by atoms with E-state index < -0.39 is 0 Å². The summed E-state index contributed by atoms with van der Waals surface area (Å²) in [5.74, 6) is 0.489. The first kappa shape index (κ1) is 21.5. The molecule has 1 N–H and O–H groups in total. The first-order valence-electron chi connectivity index (χ1n) is 11.1. The van der Waals surface area contributed by atoms with Crippen molar-refractivity contribution in [3.05, 3.63) is 41.5 Å². The molecule has 0 amide bonds. The van der Waals surface area contributed by atoms with Gasteiger partial charge in [-0.2, -0.15) is 0 Å². The third kappa shape index (κ3) is 4.42. The van der Waals surface area contributed by atoms with Gasteiger partial charge in [0.25, 0.3) is 0 Å². The van der Waals surface area contributed by atoms with Crippen molar-refractivity contribution in [2.75, 3.05) is 69.3 Å². The Bertz CT molecular complexity index is 1090. The van der Waals surface area contributed by atoms with Crippen molar-refractivity contribution in [3.63, 3.8) is 0 Å². The number of ether oxygens (including phenoxy) is 1. The minimum absolute atomic E-state index is 0.225. The molecule has 1 aromatic carbocycles. The van der Waals surface area contributed by atoms with E-state index in [1.807, 2.05) is 17.2 Å². The van der Waals surface area contributed by atoms with Crippen LogP contribution in [0, 0.1) is 12.7 Å². The van der Waals surface area contributed by atoms with E-state index in [0.717, 1.165) is 48.1 Å². The van der Waals surface area contributed by atoms with Crippen LogP contribution in [0.4, 0.5) is 15.8 Å². The Balaban J connectivity index is 1.31. The van der Waals surface area contributed by atoms with Gasteiger partial charge < -0.3 is 24.4 Å². The minimum Gasteiger partial charge on any atom is -0.378 e. The number of halogens is 1. The fraction of sp³-hybridized carbons (Fsp3) is 0.478. The number of fused-ring (bicyclic) bond motifs is 1. The summed E-state index contributed by atoms with van der Waals surface area (Å²) in [6, 6.07) is 5.51. The van der Waals surface area contributed by atoms with Gasteiger partial charge in [0.05, 0.1) is 35.6 Å². The van der Waals surface area contributed by atoms with Crippen molar-refractivity contribution in [2.45, 2.75) is 17.8 Å². The summed E-state index contributed by atoms with van der Waals surface area (Å²) in [7, 11) is 2.17. The number of anilines is 2. The predicted octanol–water partition coefficient (Wildman–Crippen LogP) is 3.29. The average molecular weight is 457 g/mol. The van der Waals surface area contributed by atoms with Crippen molar-refractivity contribution in [1.82, 2.24) is 19.9 Å². The number of morpholine rings is 1. The van der Waals surface area contributed by atoms with Crippen LogP contribution in [0.5, 0.6) is 0 Å². The maximum atomic E-state index is 14.7. The smallest absolute Gasteiger partial charge is 0.166 e. The van der Waals surface area contributed by atoms with Gasteiger partial charge in [0.1, 0.15) is 5.82 Å². The number of likely N-dealkylation sites (N-methyl/N-ethyl adjacent to an activating group) is 1. The van der Waals surface area contributed by atoms with Crippen LogP contribution in [0.1, 0.15) is 11.3 Å². The summed E-state index contributed by atoms with van der Waals surface area (Å²) in [5, 5.41) is 0.782. The number of pyridine rings is 1. The molecule has 2 aliphatic rings. The number of hydrogen-bond donors (Lipinski definition) is 1. The first-order valence-corrected chi connectivity index (χ1v) is 12.1. The molecule has 2 aromatic heterocycles. The lowest BCUT2D eigenvalue weighted by Crippen LogP contribution is -2.44. The van der Waals surface area contributed by atoms with E-state index in [2.05, 4.69) is 39.8 Å². The fourth-order valence-corrected chi connectivity index (χ4v) is 5.26. The quantitative estimate of drug-likeness (QED) is 0.591. The molecular weight excluding hydrogens is 427 g/mol. The maximum absolute atomic E-state index is 14.7. The van der Waals surface area contributed by atoms with Crippen molar-refractivity contribution < 1.29 is 9.13 Å². The van der Waals surface area contributed by atoms with Crippen molar-refractivity contribution in [2.24, 2.45) is 0 Å². The van der Waals surface area contributed by atoms with Gasteiger partial charge >= 0.3 is 0 Å². The minimum atomic E-state index is -0.225. The highest BCUT2D eigenvalue weighted by Gasteiger charge is 2.19. The summed E-state index contributed by atoms with van der Waals surface area (Å²) >= 11 is 1.60. The van der Waals surface area contributed by atoms with Crippen molar-refractivity contribution >= 4 is 34.2 Å². The van der Waals surface area contributed by atoms with Crippen molar-refractivity contribution in [3.8, 4) is 0 Å². The molecule has 0 unspecified atom stereocenters. The van der Waals surface area contributed by atoms with Crippen molar-refractivity contribution in [1.29, 1.82) is 0 Å². The Morgan fingerprint density at radius 1 is 1.06 bits per heavy atom. The van der Waals surface area contributed by atoms with E-state index in [1.165, 1.54) is 11.3 Å². The summed E-state index contributed by atoms with van der Waals surface area (Å²) < 4.78 is 20.1. The maximum Gasteiger partial charge on any atom is 0.166 e. The van der Waals surface area contributed by atoms with Crippen LogP contribution in [0.25, 0.3) is 11.0 Å². The van der Waals surface area contributed by atoms with Crippen LogP contribution in [0.3, 0.4) is 0 Å². The van der Waals surface area contributed by atoms with E-state index in [-0.39, 0.29) is 5.82 Å². The Kier molecular flexibility index (Phi) is 6.21.